The third kappa shape index (κ3) is 2.96. The number of nitrogens with two attached hydrogens (primary N) is 1. The van der Waals surface area contributed by atoms with Crippen LogP contribution in [-0.4, -0.2) is 43.4 Å². The smallest absolute Gasteiger partial charge is 0.241 e. The summed E-state index contributed by atoms with van der Waals surface area (Å²) < 4.78 is 11.1. The van der Waals surface area contributed by atoms with Gasteiger partial charge in [0.15, 0.2) is 0 Å². The molecule has 0 spiro atoms. The van der Waals surface area contributed by atoms with Crippen molar-refractivity contribution in [3.63, 3.8) is 0 Å². The zero-order chi connectivity index (χ0) is 15.7. The summed E-state index contributed by atoms with van der Waals surface area (Å²) in [6.45, 7) is 10.3. The maximum absolute atomic E-state index is 12.6. The van der Waals surface area contributed by atoms with Gasteiger partial charge in [-0.05, 0) is 32.6 Å². The van der Waals surface area contributed by atoms with E-state index in [9.17, 15) is 4.79 Å². The molecule has 1 amide bonds. The van der Waals surface area contributed by atoms with Crippen molar-refractivity contribution in [2.45, 2.75) is 64.6 Å². The number of rotatable bonds is 5. The molecule has 0 aromatic heterocycles. The molecule has 21 heavy (non-hydrogen) atoms. The number of amides is 1. The van der Waals surface area contributed by atoms with Gasteiger partial charge in [-0.2, -0.15) is 0 Å². The Bertz CT molecular complexity index is 380. The van der Waals surface area contributed by atoms with E-state index in [2.05, 4.69) is 12.2 Å². The molecule has 5 nitrogen and oxygen atoms in total. The summed E-state index contributed by atoms with van der Waals surface area (Å²) in [6.07, 6.45) is 2.67. The van der Waals surface area contributed by atoms with Crippen molar-refractivity contribution in [1.82, 2.24) is 5.32 Å². The van der Waals surface area contributed by atoms with Crippen molar-refractivity contribution < 1.29 is 14.3 Å². The van der Waals surface area contributed by atoms with E-state index in [1.54, 1.807) is 0 Å². The normalized spacial score (nSPS) is 34.0. The van der Waals surface area contributed by atoms with Gasteiger partial charge in [0, 0.05) is 37.7 Å². The third-order valence-corrected chi connectivity index (χ3v) is 5.57. The van der Waals surface area contributed by atoms with Crippen LogP contribution in [0.5, 0.6) is 0 Å². The molecule has 1 aliphatic heterocycles. The summed E-state index contributed by atoms with van der Waals surface area (Å²) in [4.78, 5) is 12.6. The minimum atomic E-state index is -0.827. The lowest BCUT2D eigenvalue weighted by atomic mass is 9.54. The Balaban J connectivity index is 1.93. The summed E-state index contributed by atoms with van der Waals surface area (Å²) in [5.41, 5.74) is 5.25. The minimum absolute atomic E-state index is 0.0394. The van der Waals surface area contributed by atoms with E-state index in [-0.39, 0.29) is 23.5 Å². The Morgan fingerprint density at radius 2 is 2.05 bits per heavy atom. The van der Waals surface area contributed by atoms with Crippen molar-refractivity contribution in [1.29, 1.82) is 0 Å². The van der Waals surface area contributed by atoms with E-state index < -0.39 is 5.54 Å². The van der Waals surface area contributed by atoms with Gasteiger partial charge < -0.3 is 20.5 Å². The lowest BCUT2D eigenvalue weighted by Gasteiger charge is -2.57. The van der Waals surface area contributed by atoms with E-state index in [1.807, 2.05) is 20.8 Å². The molecule has 2 aliphatic rings. The van der Waals surface area contributed by atoms with E-state index in [0.717, 1.165) is 26.1 Å². The molecule has 0 radical (unpaired) electrons. The van der Waals surface area contributed by atoms with Gasteiger partial charge in [-0.1, -0.05) is 13.8 Å². The molecule has 3 unspecified atom stereocenters. The molecule has 122 valence electrons. The zero-order valence-electron chi connectivity index (χ0n) is 13.8. The molecule has 2 fully saturated rings. The van der Waals surface area contributed by atoms with Crippen LogP contribution in [0.3, 0.4) is 0 Å². The van der Waals surface area contributed by atoms with Crippen LogP contribution in [0.1, 0.15) is 47.0 Å². The summed E-state index contributed by atoms with van der Waals surface area (Å²) >= 11 is 0. The number of hydrogen-bond donors (Lipinski definition) is 2. The van der Waals surface area contributed by atoms with Crippen LogP contribution < -0.4 is 11.1 Å². The van der Waals surface area contributed by atoms with Gasteiger partial charge in [0.1, 0.15) is 5.54 Å². The molecule has 2 rings (SSSR count). The Morgan fingerprint density at radius 1 is 1.43 bits per heavy atom. The third-order valence-electron chi connectivity index (χ3n) is 5.57. The molecule has 5 heteroatoms. The van der Waals surface area contributed by atoms with Crippen LogP contribution in [0.15, 0.2) is 0 Å². The first kappa shape index (κ1) is 16.7. The number of hydrogen-bond acceptors (Lipinski definition) is 4. The minimum Gasteiger partial charge on any atom is -0.381 e. The molecule has 0 aromatic rings. The molecule has 1 saturated carbocycles. The Hall–Kier alpha value is -0.650. The molecule has 0 aromatic carbocycles. The van der Waals surface area contributed by atoms with Crippen LogP contribution in [0, 0.1) is 11.3 Å². The number of carbonyl (C=O) groups excluding carboxylic acids is 1. The van der Waals surface area contributed by atoms with Crippen LogP contribution in [-0.2, 0) is 14.3 Å². The SMILES string of the molecule is CCOC1CC(N)(C(=O)NC(C)C2CCOCC2)C1(C)C. The first-order valence-electron chi connectivity index (χ1n) is 8.12. The topological polar surface area (TPSA) is 73.6 Å². The van der Waals surface area contributed by atoms with E-state index >= 15 is 0 Å². The van der Waals surface area contributed by atoms with E-state index in [0.29, 0.717) is 18.9 Å². The summed E-state index contributed by atoms with van der Waals surface area (Å²) in [5, 5.41) is 3.14. The number of carbonyl (C=O) groups is 1. The highest BCUT2D eigenvalue weighted by Crippen LogP contribution is 2.49. The van der Waals surface area contributed by atoms with Gasteiger partial charge in [-0.25, -0.2) is 0 Å². The second-order valence-corrected chi connectivity index (χ2v) is 7.05. The Morgan fingerprint density at radius 3 is 2.57 bits per heavy atom. The predicted molar refractivity (Wildman–Crippen MR) is 81.9 cm³/mol. The van der Waals surface area contributed by atoms with Gasteiger partial charge in [0.2, 0.25) is 5.91 Å². The van der Waals surface area contributed by atoms with Gasteiger partial charge in [0.25, 0.3) is 0 Å². The second-order valence-electron chi connectivity index (χ2n) is 7.05. The van der Waals surface area contributed by atoms with Crippen LogP contribution in [0.4, 0.5) is 0 Å². The monoisotopic (exact) mass is 298 g/mol. The Labute approximate surface area is 127 Å². The first-order chi connectivity index (χ1) is 9.83. The second kappa shape index (κ2) is 6.23. The zero-order valence-corrected chi connectivity index (χ0v) is 13.8. The summed E-state index contributed by atoms with van der Waals surface area (Å²) in [7, 11) is 0. The average molecular weight is 298 g/mol. The highest BCUT2D eigenvalue weighted by molar-refractivity contribution is 5.89. The molecule has 3 atom stereocenters. The van der Waals surface area contributed by atoms with Crippen molar-refractivity contribution in [2.75, 3.05) is 19.8 Å². The largest absolute Gasteiger partial charge is 0.381 e. The van der Waals surface area contributed by atoms with E-state index in [1.165, 1.54) is 0 Å². The lowest BCUT2D eigenvalue weighted by Crippen LogP contribution is -2.76. The van der Waals surface area contributed by atoms with Crippen LogP contribution in [0.2, 0.25) is 0 Å². The molecular weight excluding hydrogens is 268 g/mol. The fraction of sp³-hybridized carbons (Fsp3) is 0.938. The van der Waals surface area contributed by atoms with Gasteiger partial charge >= 0.3 is 0 Å². The fourth-order valence-electron chi connectivity index (χ4n) is 3.49. The standard InChI is InChI=1S/C16H30N2O3/c1-5-21-13-10-16(17,15(13,3)4)14(19)18-11(2)12-6-8-20-9-7-12/h11-13H,5-10,17H2,1-4H3,(H,18,19). The highest BCUT2D eigenvalue weighted by Gasteiger charge is 2.63. The lowest BCUT2D eigenvalue weighted by molar-refractivity contribution is -0.171. The van der Waals surface area contributed by atoms with Crippen molar-refractivity contribution >= 4 is 5.91 Å². The van der Waals surface area contributed by atoms with Crippen LogP contribution in [0.25, 0.3) is 0 Å². The fourth-order valence-corrected chi connectivity index (χ4v) is 3.49. The molecular formula is C16H30N2O3. The Kier molecular flexibility index (Phi) is 4.96. The molecule has 3 N–H and O–H groups in total. The summed E-state index contributed by atoms with van der Waals surface area (Å²) in [6, 6.07) is 0.142. The van der Waals surface area contributed by atoms with Gasteiger partial charge in [-0.3, -0.25) is 4.79 Å². The van der Waals surface area contributed by atoms with Crippen LogP contribution >= 0.6 is 0 Å². The van der Waals surface area contributed by atoms with Crippen molar-refractivity contribution in [3.8, 4) is 0 Å². The van der Waals surface area contributed by atoms with Crippen molar-refractivity contribution in [2.24, 2.45) is 17.1 Å². The van der Waals surface area contributed by atoms with Gasteiger partial charge in [-0.15, -0.1) is 0 Å². The van der Waals surface area contributed by atoms with Gasteiger partial charge in [0.05, 0.1) is 6.10 Å². The highest BCUT2D eigenvalue weighted by atomic mass is 16.5. The molecule has 1 saturated heterocycles. The first-order valence-corrected chi connectivity index (χ1v) is 8.12. The molecule has 0 bridgehead atoms. The quantitative estimate of drug-likeness (QED) is 0.806. The predicted octanol–water partition coefficient (Wildman–Crippen LogP) is 1.45. The average Bonchev–Trinajstić information content (AvgIpc) is 2.47. The van der Waals surface area contributed by atoms with E-state index in [4.69, 9.17) is 15.2 Å². The molecule has 1 aliphatic carbocycles. The maximum Gasteiger partial charge on any atom is 0.241 e. The maximum atomic E-state index is 12.6. The summed E-state index contributed by atoms with van der Waals surface area (Å²) in [5.74, 6) is 0.444. The molecule has 1 heterocycles. The van der Waals surface area contributed by atoms with Crippen molar-refractivity contribution in [3.05, 3.63) is 0 Å². The number of ether oxygens (including phenoxy) is 2. The number of nitrogens with one attached hydrogen (secondary N) is 1.